The van der Waals surface area contributed by atoms with Gasteiger partial charge in [-0.2, -0.15) is 0 Å². The summed E-state index contributed by atoms with van der Waals surface area (Å²) in [5.74, 6) is 2.00. The number of benzene rings is 1. The van der Waals surface area contributed by atoms with E-state index in [1.807, 2.05) is 51.1 Å². The van der Waals surface area contributed by atoms with Crippen molar-refractivity contribution in [3.05, 3.63) is 47.9 Å². The Balaban J connectivity index is 0.00000242. The number of aryl methyl sites for hydroxylation is 1. The summed E-state index contributed by atoms with van der Waals surface area (Å²) >= 11 is 0. The Labute approximate surface area is 148 Å². The molecule has 0 fully saturated rings. The molecule has 2 rings (SSSR count). The summed E-state index contributed by atoms with van der Waals surface area (Å²) in [4.78, 5) is 4.25. The van der Waals surface area contributed by atoms with E-state index >= 15 is 0 Å². The van der Waals surface area contributed by atoms with Gasteiger partial charge in [0.2, 0.25) is 0 Å². The summed E-state index contributed by atoms with van der Waals surface area (Å²) in [7, 11) is 0. The molecule has 22 heavy (non-hydrogen) atoms. The number of furan rings is 1. The molecule has 5 nitrogen and oxygen atoms in total. The third-order valence-electron chi connectivity index (χ3n) is 2.86. The summed E-state index contributed by atoms with van der Waals surface area (Å²) in [5.41, 5.74) is 7.79. The Morgan fingerprint density at radius 3 is 2.50 bits per heavy atom. The molecule has 0 saturated heterocycles. The molecule has 0 aliphatic carbocycles. The van der Waals surface area contributed by atoms with E-state index in [4.69, 9.17) is 14.9 Å². The van der Waals surface area contributed by atoms with Crippen LogP contribution < -0.4 is 15.8 Å². The standard InChI is InChI=1S/C16H21N3O2.HI/c1-11(2)21-14-6-4-13(5-7-14)19-16(17)18-10-15-12(3)8-9-20-15;/h4-9,11H,10H2,1-3H3,(H3,17,18,19);1H. The number of nitrogens with zero attached hydrogens (tertiary/aromatic N) is 1. The van der Waals surface area contributed by atoms with E-state index in [1.54, 1.807) is 6.26 Å². The van der Waals surface area contributed by atoms with Gasteiger partial charge in [0.15, 0.2) is 5.96 Å². The first-order chi connectivity index (χ1) is 10.0. The van der Waals surface area contributed by atoms with E-state index < -0.39 is 0 Å². The molecule has 3 N–H and O–H groups in total. The van der Waals surface area contributed by atoms with Crippen molar-refractivity contribution in [3.63, 3.8) is 0 Å². The van der Waals surface area contributed by atoms with E-state index in [1.165, 1.54) is 0 Å². The van der Waals surface area contributed by atoms with Crippen molar-refractivity contribution >= 4 is 35.6 Å². The smallest absolute Gasteiger partial charge is 0.193 e. The van der Waals surface area contributed by atoms with Gasteiger partial charge >= 0.3 is 0 Å². The average molecular weight is 415 g/mol. The normalized spacial score (nSPS) is 11.2. The Kier molecular flexibility index (Phi) is 7.23. The number of nitrogens with one attached hydrogen (secondary N) is 1. The lowest BCUT2D eigenvalue weighted by Gasteiger charge is -2.10. The Hall–Kier alpha value is -1.70. The van der Waals surface area contributed by atoms with Gasteiger partial charge in [0, 0.05) is 5.69 Å². The SMILES string of the molecule is Cc1ccoc1CN=C(N)Nc1ccc(OC(C)C)cc1.I. The van der Waals surface area contributed by atoms with Crippen LogP contribution >= 0.6 is 24.0 Å². The van der Waals surface area contributed by atoms with Gasteiger partial charge in [-0.15, -0.1) is 24.0 Å². The average Bonchev–Trinajstić information content (AvgIpc) is 2.84. The molecule has 0 spiro atoms. The van der Waals surface area contributed by atoms with Gasteiger partial charge in [0.25, 0.3) is 0 Å². The van der Waals surface area contributed by atoms with Crippen LogP contribution in [0.25, 0.3) is 0 Å². The molecule has 1 heterocycles. The van der Waals surface area contributed by atoms with Crippen LogP contribution in [0.5, 0.6) is 5.75 Å². The number of nitrogens with two attached hydrogens (primary N) is 1. The second-order valence-electron chi connectivity index (χ2n) is 5.04. The third-order valence-corrected chi connectivity index (χ3v) is 2.86. The molecule has 0 aliphatic rings. The van der Waals surface area contributed by atoms with Gasteiger partial charge in [-0.05, 0) is 56.7 Å². The first kappa shape index (κ1) is 18.3. The minimum atomic E-state index is 0. The van der Waals surface area contributed by atoms with Crippen molar-refractivity contribution in [2.24, 2.45) is 10.7 Å². The molecule has 1 aromatic carbocycles. The monoisotopic (exact) mass is 415 g/mol. The van der Waals surface area contributed by atoms with Crippen LogP contribution in [0.15, 0.2) is 46.0 Å². The van der Waals surface area contributed by atoms with E-state index in [0.29, 0.717) is 12.5 Å². The van der Waals surface area contributed by atoms with E-state index in [-0.39, 0.29) is 30.1 Å². The number of hydrogen-bond donors (Lipinski definition) is 2. The highest BCUT2D eigenvalue weighted by Gasteiger charge is 2.02. The summed E-state index contributed by atoms with van der Waals surface area (Å²) in [6.45, 7) is 6.39. The second-order valence-corrected chi connectivity index (χ2v) is 5.04. The minimum absolute atomic E-state index is 0. The first-order valence-electron chi connectivity index (χ1n) is 6.91. The highest BCUT2D eigenvalue weighted by atomic mass is 127. The maximum absolute atomic E-state index is 5.86. The summed E-state index contributed by atoms with van der Waals surface area (Å²) < 4.78 is 10.9. The lowest BCUT2D eigenvalue weighted by atomic mass is 10.3. The fourth-order valence-corrected chi connectivity index (χ4v) is 1.80. The highest BCUT2D eigenvalue weighted by Crippen LogP contribution is 2.17. The molecule has 2 aromatic rings. The zero-order valence-corrected chi connectivity index (χ0v) is 15.3. The molecule has 120 valence electrons. The van der Waals surface area contributed by atoms with Crippen LogP contribution in [0.4, 0.5) is 5.69 Å². The van der Waals surface area contributed by atoms with Gasteiger partial charge in [0.05, 0.1) is 12.4 Å². The van der Waals surface area contributed by atoms with Crippen molar-refractivity contribution in [3.8, 4) is 5.75 Å². The fourth-order valence-electron chi connectivity index (χ4n) is 1.80. The third kappa shape index (κ3) is 5.59. The minimum Gasteiger partial charge on any atom is -0.491 e. The van der Waals surface area contributed by atoms with Crippen LogP contribution in [0, 0.1) is 6.92 Å². The van der Waals surface area contributed by atoms with Crippen LogP contribution in [-0.2, 0) is 6.54 Å². The van der Waals surface area contributed by atoms with Gasteiger partial charge in [-0.25, -0.2) is 4.99 Å². The van der Waals surface area contributed by atoms with E-state index in [2.05, 4.69) is 10.3 Å². The number of aliphatic imine (C=N–C) groups is 1. The lowest BCUT2D eigenvalue weighted by Crippen LogP contribution is -2.22. The molecular weight excluding hydrogens is 393 g/mol. The van der Waals surface area contributed by atoms with Crippen molar-refractivity contribution < 1.29 is 9.15 Å². The van der Waals surface area contributed by atoms with Crippen LogP contribution in [-0.4, -0.2) is 12.1 Å². The van der Waals surface area contributed by atoms with E-state index in [9.17, 15) is 0 Å². The van der Waals surface area contributed by atoms with Crippen LogP contribution in [0.3, 0.4) is 0 Å². The molecule has 0 aliphatic heterocycles. The van der Waals surface area contributed by atoms with Crippen molar-refractivity contribution in [1.82, 2.24) is 0 Å². The summed E-state index contributed by atoms with van der Waals surface area (Å²) in [6, 6.07) is 9.50. The number of rotatable bonds is 5. The molecule has 6 heteroatoms. The zero-order chi connectivity index (χ0) is 15.2. The predicted octanol–water partition coefficient (Wildman–Crippen LogP) is 3.92. The number of guanidine groups is 1. The molecule has 0 radical (unpaired) electrons. The molecule has 1 aromatic heterocycles. The van der Waals surface area contributed by atoms with Crippen LogP contribution in [0.1, 0.15) is 25.2 Å². The molecule has 0 bridgehead atoms. The molecule has 0 atom stereocenters. The zero-order valence-electron chi connectivity index (χ0n) is 13.0. The van der Waals surface area contributed by atoms with E-state index in [0.717, 1.165) is 22.8 Å². The van der Waals surface area contributed by atoms with Gasteiger partial charge in [0.1, 0.15) is 18.1 Å². The second kappa shape index (κ2) is 8.67. The largest absolute Gasteiger partial charge is 0.491 e. The fraction of sp³-hybridized carbons (Fsp3) is 0.312. The van der Waals surface area contributed by atoms with Crippen molar-refractivity contribution in [2.45, 2.75) is 33.4 Å². The number of anilines is 1. The van der Waals surface area contributed by atoms with Crippen molar-refractivity contribution in [2.75, 3.05) is 5.32 Å². The number of hydrogen-bond acceptors (Lipinski definition) is 3. The molecular formula is C16H22IN3O2. The Bertz CT molecular complexity index is 606. The highest BCUT2D eigenvalue weighted by molar-refractivity contribution is 14.0. The van der Waals surface area contributed by atoms with Gasteiger partial charge in [-0.1, -0.05) is 0 Å². The van der Waals surface area contributed by atoms with Gasteiger partial charge < -0.3 is 20.2 Å². The quantitative estimate of drug-likeness (QED) is 0.441. The molecule has 0 amide bonds. The Morgan fingerprint density at radius 2 is 1.95 bits per heavy atom. The summed E-state index contributed by atoms with van der Waals surface area (Å²) in [6.07, 6.45) is 1.81. The molecule has 0 saturated carbocycles. The lowest BCUT2D eigenvalue weighted by molar-refractivity contribution is 0.242. The maximum Gasteiger partial charge on any atom is 0.193 e. The maximum atomic E-state index is 5.86. The van der Waals surface area contributed by atoms with Gasteiger partial charge in [-0.3, -0.25) is 0 Å². The van der Waals surface area contributed by atoms with Crippen molar-refractivity contribution in [1.29, 1.82) is 0 Å². The number of ether oxygens (including phenoxy) is 1. The predicted molar refractivity (Wildman–Crippen MR) is 100 cm³/mol. The Morgan fingerprint density at radius 1 is 1.27 bits per heavy atom. The van der Waals surface area contributed by atoms with Crippen LogP contribution in [0.2, 0.25) is 0 Å². The number of halogens is 1. The molecule has 0 unspecified atom stereocenters. The first-order valence-corrected chi connectivity index (χ1v) is 6.91. The summed E-state index contributed by atoms with van der Waals surface area (Å²) in [5, 5.41) is 3.03. The topological polar surface area (TPSA) is 72.8 Å².